The van der Waals surface area contributed by atoms with Crippen LogP contribution in [0.5, 0.6) is 17.2 Å². The highest BCUT2D eigenvalue weighted by molar-refractivity contribution is 6.31. The monoisotopic (exact) mass is 568 g/mol. The summed E-state index contributed by atoms with van der Waals surface area (Å²) in [6, 6.07) is 21.4. The number of hydrogen-bond acceptors (Lipinski definition) is 6. The highest BCUT2D eigenvalue weighted by Gasteiger charge is 2.36. The zero-order valence-corrected chi connectivity index (χ0v) is 23.2. The first-order chi connectivity index (χ1) is 20.4. The van der Waals surface area contributed by atoms with Crippen molar-refractivity contribution in [1.29, 1.82) is 0 Å². The first kappa shape index (κ1) is 28.4. The van der Waals surface area contributed by atoms with E-state index in [1.165, 1.54) is 25.3 Å². The van der Waals surface area contributed by atoms with Crippen molar-refractivity contribution in [3.63, 3.8) is 0 Å². The summed E-state index contributed by atoms with van der Waals surface area (Å²) >= 11 is 0. The summed E-state index contributed by atoms with van der Waals surface area (Å²) in [6.07, 6.45) is 2.27. The third-order valence-electron chi connectivity index (χ3n) is 6.74. The van der Waals surface area contributed by atoms with Gasteiger partial charge in [-0.2, -0.15) is 0 Å². The van der Waals surface area contributed by atoms with Crippen LogP contribution < -0.4 is 19.5 Å². The Morgan fingerprint density at radius 1 is 0.857 bits per heavy atom. The molecule has 4 aromatic rings. The lowest BCUT2D eigenvalue weighted by Crippen LogP contribution is -2.53. The van der Waals surface area contributed by atoms with E-state index >= 15 is 0 Å². The van der Waals surface area contributed by atoms with Crippen LogP contribution in [0.3, 0.4) is 0 Å². The summed E-state index contributed by atoms with van der Waals surface area (Å²) in [5.41, 5.74) is 1.64. The van der Waals surface area contributed by atoms with E-state index in [0.717, 1.165) is 27.7 Å². The molecule has 9 heteroatoms. The van der Waals surface area contributed by atoms with Crippen molar-refractivity contribution >= 4 is 34.7 Å². The molecule has 4 aromatic carbocycles. The minimum atomic E-state index is -0.821. The number of ether oxygens (including phenoxy) is 3. The number of barbiturate groups is 1. The molecule has 1 saturated heterocycles. The summed E-state index contributed by atoms with van der Waals surface area (Å²) in [7, 11) is 1.51. The van der Waals surface area contributed by atoms with Crippen LogP contribution >= 0.6 is 0 Å². The maximum absolute atomic E-state index is 13.6. The van der Waals surface area contributed by atoms with Crippen LogP contribution in [0.1, 0.15) is 30.0 Å². The molecule has 4 amide bonds. The van der Waals surface area contributed by atoms with Crippen LogP contribution in [0.2, 0.25) is 0 Å². The molecule has 0 radical (unpaired) electrons. The highest BCUT2D eigenvalue weighted by atomic mass is 19.1. The number of amides is 4. The van der Waals surface area contributed by atoms with Gasteiger partial charge < -0.3 is 14.2 Å². The van der Waals surface area contributed by atoms with Crippen LogP contribution in [-0.2, 0) is 22.7 Å². The summed E-state index contributed by atoms with van der Waals surface area (Å²) < 4.78 is 30.6. The molecule has 1 heterocycles. The van der Waals surface area contributed by atoms with Crippen LogP contribution in [0.4, 0.5) is 9.18 Å². The molecule has 0 spiro atoms. The van der Waals surface area contributed by atoms with Crippen LogP contribution in [-0.4, -0.2) is 36.5 Å². The van der Waals surface area contributed by atoms with Crippen molar-refractivity contribution in [2.24, 2.45) is 0 Å². The lowest BCUT2D eigenvalue weighted by Gasteiger charge is -2.27. The number of carbonyl (C=O) groups is 3. The van der Waals surface area contributed by atoms with Crippen LogP contribution in [0, 0.1) is 5.82 Å². The van der Waals surface area contributed by atoms with E-state index in [9.17, 15) is 18.8 Å². The molecule has 42 heavy (non-hydrogen) atoms. The Balaban J connectivity index is 1.47. The molecule has 0 saturated carbocycles. The number of imide groups is 2. The van der Waals surface area contributed by atoms with Gasteiger partial charge in [0, 0.05) is 5.56 Å². The van der Waals surface area contributed by atoms with Gasteiger partial charge in [0.25, 0.3) is 11.8 Å². The molecule has 1 fully saturated rings. The van der Waals surface area contributed by atoms with Crippen molar-refractivity contribution in [3.05, 3.63) is 107 Å². The maximum Gasteiger partial charge on any atom is 0.331 e. The Kier molecular flexibility index (Phi) is 8.47. The number of rotatable bonds is 10. The van der Waals surface area contributed by atoms with Gasteiger partial charge in [0.2, 0.25) is 0 Å². The van der Waals surface area contributed by atoms with Gasteiger partial charge in [0.15, 0.2) is 11.5 Å². The Labute approximate surface area is 242 Å². The highest BCUT2D eigenvalue weighted by Crippen LogP contribution is 2.33. The van der Waals surface area contributed by atoms with Gasteiger partial charge in [-0.25, -0.2) is 9.18 Å². The van der Waals surface area contributed by atoms with E-state index in [1.807, 2.05) is 37.3 Å². The average molecular weight is 569 g/mol. The van der Waals surface area contributed by atoms with Crippen LogP contribution in [0.25, 0.3) is 16.8 Å². The molecule has 214 valence electrons. The third-order valence-corrected chi connectivity index (χ3v) is 6.74. The Hall–Kier alpha value is -5.18. The molecule has 0 atom stereocenters. The van der Waals surface area contributed by atoms with Crippen LogP contribution in [0.15, 0.2) is 84.4 Å². The topological polar surface area (TPSA) is 94.2 Å². The maximum atomic E-state index is 13.6. The van der Waals surface area contributed by atoms with E-state index < -0.39 is 17.8 Å². The molecule has 0 aliphatic carbocycles. The van der Waals surface area contributed by atoms with E-state index in [4.69, 9.17) is 14.2 Å². The van der Waals surface area contributed by atoms with E-state index in [0.29, 0.717) is 35.0 Å². The smallest absolute Gasteiger partial charge is 0.331 e. The zero-order chi connectivity index (χ0) is 29.6. The van der Waals surface area contributed by atoms with Gasteiger partial charge in [0.05, 0.1) is 20.3 Å². The molecular weight excluding hydrogens is 539 g/mol. The van der Waals surface area contributed by atoms with Crippen molar-refractivity contribution in [3.8, 4) is 17.2 Å². The molecular formula is C33H29FN2O6. The number of nitrogens with zero attached hydrogens (tertiary/aromatic N) is 1. The number of carbonyl (C=O) groups excluding carboxylic acids is 3. The van der Waals surface area contributed by atoms with Gasteiger partial charge in [-0.1, -0.05) is 55.5 Å². The first-order valence-electron chi connectivity index (χ1n) is 13.5. The molecule has 1 aliphatic rings. The van der Waals surface area contributed by atoms with E-state index in [1.54, 1.807) is 36.4 Å². The van der Waals surface area contributed by atoms with Crippen molar-refractivity contribution in [2.75, 3.05) is 13.7 Å². The largest absolute Gasteiger partial charge is 0.493 e. The molecule has 8 nitrogen and oxygen atoms in total. The quantitative estimate of drug-likeness (QED) is 0.186. The van der Waals surface area contributed by atoms with Crippen molar-refractivity contribution in [2.45, 2.75) is 26.5 Å². The lowest BCUT2D eigenvalue weighted by atomic mass is 9.99. The van der Waals surface area contributed by atoms with Gasteiger partial charge >= 0.3 is 6.03 Å². The Morgan fingerprint density at radius 3 is 2.36 bits per heavy atom. The number of hydrogen-bond donors (Lipinski definition) is 1. The third kappa shape index (κ3) is 6.10. The van der Waals surface area contributed by atoms with E-state index in [-0.39, 0.29) is 24.5 Å². The zero-order valence-electron chi connectivity index (χ0n) is 23.2. The molecule has 1 N–H and O–H groups in total. The number of nitrogens with one attached hydrogen (secondary N) is 1. The fourth-order valence-electron chi connectivity index (χ4n) is 4.60. The normalized spacial score (nSPS) is 14.3. The second kappa shape index (κ2) is 12.6. The molecule has 1 aliphatic heterocycles. The fourth-order valence-corrected chi connectivity index (χ4v) is 4.60. The van der Waals surface area contributed by atoms with Gasteiger partial charge in [-0.15, -0.1) is 0 Å². The van der Waals surface area contributed by atoms with Gasteiger partial charge in [-0.3, -0.25) is 19.8 Å². The van der Waals surface area contributed by atoms with Gasteiger partial charge in [-0.05, 0) is 64.7 Å². The summed E-state index contributed by atoms with van der Waals surface area (Å²) in [6.45, 7) is 2.55. The van der Waals surface area contributed by atoms with Crippen molar-refractivity contribution in [1.82, 2.24) is 10.2 Å². The first-order valence-corrected chi connectivity index (χ1v) is 13.5. The van der Waals surface area contributed by atoms with Crippen molar-refractivity contribution < 1.29 is 33.0 Å². The number of halogens is 1. The minimum Gasteiger partial charge on any atom is -0.493 e. The number of methoxy groups -OCH3 is 1. The second-order valence-electron chi connectivity index (χ2n) is 9.66. The summed E-state index contributed by atoms with van der Waals surface area (Å²) in [4.78, 5) is 40.3. The molecule has 0 aromatic heterocycles. The standard InChI is InChI=1S/C33H29FN2O6/c1-3-16-41-29-14-10-22(17-30(29)40-2)19-36-32(38)27(31(37)35-33(36)39)18-26-25-7-5-4-6-23(25)11-15-28(26)42-20-21-8-12-24(34)13-9-21/h4-15,17-18H,3,16,19-20H2,1-2H3,(H,35,37,39)/b27-18+. The number of urea groups is 1. The summed E-state index contributed by atoms with van der Waals surface area (Å²) in [5, 5.41) is 3.89. The second-order valence-corrected chi connectivity index (χ2v) is 9.66. The average Bonchev–Trinajstić information content (AvgIpc) is 3.00. The van der Waals surface area contributed by atoms with Gasteiger partial charge in [0.1, 0.15) is 23.7 Å². The van der Waals surface area contributed by atoms with E-state index in [2.05, 4.69) is 5.32 Å². The summed E-state index contributed by atoms with van der Waals surface area (Å²) in [5.74, 6) is -0.461. The molecule has 5 rings (SSSR count). The Morgan fingerprint density at radius 2 is 1.60 bits per heavy atom. The number of benzene rings is 4. The predicted molar refractivity (Wildman–Crippen MR) is 156 cm³/mol. The fraction of sp³-hybridized carbons (Fsp3) is 0.182. The minimum absolute atomic E-state index is 0.0941. The predicted octanol–water partition coefficient (Wildman–Crippen LogP) is 6.02. The number of fused-ring (bicyclic) bond motifs is 1. The molecule has 0 unspecified atom stereocenters. The lowest BCUT2D eigenvalue weighted by molar-refractivity contribution is -0.130. The SMILES string of the molecule is CCCOc1ccc(CN2C(=O)NC(=O)/C(=C\c3c(OCc4ccc(F)cc4)ccc4ccccc34)C2=O)cc1OC. The Bertz CT molecular complexity index is 1680. The molecule has 0 bridgehead atoms.